The number of alkyl halides is 6. The number of piperidine rings is 1. The molecule has 1 aliphatic heterocycles. The van der Waals surface area contributed by atoms with Crippen LogP contribution in [0.4, 0.5) is 26.3 Å². The predicted molar refractivity (Wildman–Crippen MR) is 106 cm³/mol. The summed E-state index contributed by atoms with van der Waals surface area (Å²) in [6.45, 7) is -0.112. The Hall–Kier alpha value is -1.64. The van der Waals surface area contributed by atoms with E-state index < -0.39 is 51.7 Å². The van der Waals surface area contributed by atoms with Gasteiger partial charge in [-0.3, -0.25) is 4.79 Å². The fourth-order valence-electron chi connectivity index (χ4n) is 3.33. The van der Waals surface area contributed by atoms with E-state index >= 15 is 0 Å². The molecule has 0 spiro atoms. The lowest BCUT2D eigenvalue weighted by Crippen LogP contribution is -2.54. The highest BCUT2D eigenvalue weighted by Crippen LogP contribution is 2.53. The molecule has 0 saturated carbocycles. The van der Waals surface area contributed by atoms with Crippen LogP contribution in [0.5, 0.6) is 0 Å². The maximum absolute atomic E-state index is 13.2. The lowest BCUT2D eigenvalue weighted by Gasteiger charge is -2.33. The topological polar surface area (TPSA) is 93.9 Å². The molecule has 6 nitrogen and oxygen atoms in total. The fourth-order valence-corrected chi connectivity index (χ4v) is 4.87. The van der Waals surface area contributed by atoms with Crippen molar-refractivity contribution in [3.05, 3.63) is 38.9 Å². The molecule has 2 aromatic rings. The summed E-state index contributed by atoms with van der Waals surface area (Å²) in [6.07, 6.45) is -13.0. The number of thiazole rings is 1. The van der Waals surface area contributed by atoms with Gasteiger partial charge >= 0.3 is 12.4 Å². The Bertz CT molecular complexity index is 1040. The average molecular weight is 539 g/mol. The van der Waals surface area contributed by atoms with Gasteiger partial charge in [-0.15, -0.1) is 11.3 Å². The number of carbonyl (C=O) groups excluding carboxylic acids is 1. The van der Waals surface area contributed by atoms with Crippen molar-refractivity contribution in [1.82, 2.24) is 9.88 Å². The van der Waals surface area contributed by atoms with Gasteiger partial charge in [-0.05, 0) is 0 Å². The molecule has 3 N–H and O–H groups in total. The van der Waals surface area contributed by atoms with Crippen LogP contribution < -0.4 is 0 Å². The number of carbonyl (C=O) groups is 1. The van der Waals surface area contributed by atoms with Crippen LogP contribution in [0.15, 0.2) is 18.3 Å². The van der Waals surface area contributed by atoms with Gasteiger partial charge in [0.1, 0.15) is 0 Å². The zero-order valence-corrected chi connectivity index (χ0v) is 18.4. The van der Waals surface area contributed by atoms with Crippen LogP contribution in [0.1, 0.15) is 21.8 Å². The Balaban J connectivity index is 1.98. The molecular formula is C18H14Cl2F6N2O4S. The number of aromatic nitrogens is 1. The monoisotopic (exact) mass is 538 g/mol. The van der Waals surface area contributed by atoms with Gasteiger partial charge in [0, 0.05) is 36.8 Å². The van der Waals surface area contributed by atoms with Gasteiger partial charge in [-0.1, -0.05) is 35.3 Å². The van der Waals surface area contributed by atoms with Crippen molar-refractivity contribution in [2.75, 3.05) is 13.1 Å². The van der Waals surface area contributed by atoms with E-state index in [1.807, 2.05) is 0 Å². The van der Waals surface area contributed by atoms with Crippen LogP contribution in [-0.2, 0) is 5.60 Å². The second kappa shape index (κ2) is 8.86. The van der Waals surface area contributed by atoms with Crippen LogP contribution in [0.2, 0.25) is 10.0 Å². The number of nitrogens with zero attached hydrogens (tertiary/aromatic N) is 2. The summed E-state index contributed by atoms with van der Waals surface area (Å²) in [6, 6.07) is 1.14. The second-order valence-corrected chi connectivity index (χ2v) is 9.06. The van der Waals surface area contributed by atoms with Gasteiger partial charge in [0.2, 0.25) is 0 Å². The maximum atomic E-state index is 13.2. The predicted octanol–water partition coefficient (Wildman–Crippen LogP) is 4.00. The van der Waals surface area contributed by atoms with Crippen LogP contribution in [0.3, 0.4) is 0 Å². The van der Waals surface area contributed by atoms with E-state index in [1.165, 1.54) is 0 Å². The second-order valence-electron chi connectivity index (χ2n) is 7.28. The molecule has 182 valence electrons. The Kier molecular flexibility index (Phi) is 6.97. The number of rotatable bonds is 3. The number of halogens is 8. The molecule has 2 heterocycles. The highest BCUT2D eigenvalue weighted by molar-refractivity contribution is 7.17. The Morgan fingerprint density at radius 2 is 1.58 bits per heavy atom. The van der Waals surface area contributed by atoms with Crippen molar-refractivity contribution in [1.29, 1.82) is 0 Å². The molecule has 0 radical (unpaired) electrons. The van der Waals surface area contributed by atoms with Crippen molar-refractivity contribution in [2.45, 2.75) is 36.6 Å². The fraction of sp³-hybridized carbons (Fsp3) is 0.444. The molecule has 3 rings (SSSR count). The minimum Gasteiger partial charge on any atom is -0.391 e. The van der Waals surface area contributed by atoms with E-state index in [4.69, 9.17) is 23.2 Å². The van der Waals surface area contributed by atoms with Gasteiger partial charge in [-0.2, -0.15) is 26.3 Å². The van der Waals surface area contributed by atoms with Gasteiger partial charge in [-0.25, -0.2) is 4.98 Å². The largest absolute Gasteiger partial charge is 0.430 e. The van der Waals surface area contributed by atoms with Crippen LogP contribution in [-0.4, -0.2) is 68.8 Å². The molecule has 1 aromatic heterocycles. The number of aliphatic hydroxyl groups is 3. The molecule has 0 aliphatic carbocycles. The number of likely N-dealkylation sites (tertiary alicyclic amines) is 1. The number of aliphatic hydroxyl groups excluding tert-OH is 2. The van der Waals surface area contributed by atoms with Gasteiger partial charge in [0.15, 0.2) is 5.01 Å². The van der Waals surface area contributed by atoms with Crippen LogP contribution >= 0.6 is 34.5 Å². The number of hydrogen-bond donors (Lipinski definition) is 3. The molecule has 0 unspecified atom stereocenters. The quantitative estimate of drug-likeness (QED) is 0.513. The van der Waals surface area contributed by atoms with E-state index in [-0.39, 0.29) is 35.0 Å². The minimum atomic E-state index is -6.15. The highest BCUT2D eigenvalue weighted by atomic mass is 35.5. The van der Waals surface area contributed by atoms with E-state index in [0.29, 0.717) is 6.07 Å². The summed E-state index contributed by atoms with van der Waals surface area (Å²) < 4.78 is 79.1. The molecule has 2 atom stereocenters. The Labute approximate surface area is 196 Å². The summed E-state index contributed by atoms with van der Waals surface area (Å²) in [5.74, 6) is -0.647. The summed E-state index contributed by atoms with van der Waals surface area (Å²) in [4.78, 5) is 17.7. The first-order valence-corrected chi connectivity index (χ1v) is 10.6. The zero-order valence-electron chi connectivity index (χ0n) is 16.1. The molecule has 1 aromatic carbocycles. The average Bonchev–Trinajstić information content (AvgIpc) is 3.16. The summed E-state index contributed by atoms with van der Waals surface area (Å²) >= 11 is 12.4. The first-order valence-electron chi connectivity index (χ1n) is 9.03. The first kappa shape index (κ1) is 26.0. The number of benzene rings is 1. The van der Waals surface area contributed by atoms with E-state index in [9.17, 15) is 46.5 Å². The van der Waals surface area contributed by atoms with Gasteiger partial charge in [0.05, 0.1) is 27.1 Å². The standard InChI is InChI=1S/C18H14Cl2F6N2O4S/c19-12-9(1-2-10(13(12)20)16(32,17(21,22)23)18(24,25)26)11-4-27-14(33-11)15(31)28-5-7(29)3-8(30)6-28/h1-2,4,7-8,29-30,32H,3,5-6H2/t7-,8+. The zero-order chi connectivity index (χ0) is 24.9. The number of β-amino-alcohol motifs (C(OH)–C–C–N with tert-alkyl or cyclic N) is 2. The highest BCUT2D eigenvalue weighted by Gasteiger charge is 2.72. The van der Waals surface area contributed by atoms with Gasteiger partial charge in [0.25, 0.3) is 11.5 Å². The number of amides is 1. The molecule has 0 bridgehead atoms. The first-order chi connectivity index (χ1) is 15.1. The molecular weight excluding hydrogens is 525 g/mol. The van der Waals surface area contributed by atoms with Crippen molar-refractivity contribution in [2.24, 2.45) is 0 Å². The van der Waals surface area contributed by atoms with Crippen molar-refractivity contribution >= 4 is 40.4 Å². The third kappa shape index (κ3) is 4.66. The lowest BCUT2D eigenvalue weighted by atomic mass is 9.91. The normalized spacial score (nSPS) is 20.3. The molecule has 1 fully saturated rings. The molecule has 1 aliphatic rings. The van der Waals surface area contributed by atoms with E-state index in [2.05, 4.69) is 4.98 Å². The maximum Gasteiger partial charge on any atom is 0.430 e. The molecule has 33 heavy (non-hydrogen) atoms. The summed E-state index contributed by atoms with van der Waals surface area (Å²) in [5.41, 5.74) is -7.08. The van der Waals surface area contributed by atoms with E-state index in [1.54, 1.807) is 0 Å². The van der Waals surface area contributed by atoms with Crippen molar-refractivity contribution in [3.8, 4) is 10.4 Å². The third-order valence-electron chi connectivity index (χ3n) is 4.94. The van der Waals surface area contributed by atoms with Crippen molar-refractivity contribution < 1.29 is 46.5 Å². The lowest BCUT2D eigenvalue weighted by molar-refractivity contribution is -0.376. The Morgan fingerprint density at radius 3 is 2.09 bits per heavy atom. The smallest absolute Gasteiger partial charge is 0.391 e. The molecule has 1 saturated heterocycles. The van der Waals surface area contributed by atoms with Crippen molar-refractivity contribution in [3.63, 3.8) is 0 Å². The van der Waals surface area contributed by atoms with Gasteiger partial charge < -0.3 is 20.2 Å². The Morgan fingerprint density at radius 1 is 1.03 bits per heavy atom. The molecule has 15 heteroatoms. The van der Waals surface area contributed by atoms with E-state index in [0.717, 1.165) is 28.5 Å². The summed E-state index contributed by atoms with van der Waals surface area (Å²) in [7, 11) is 0. The molecule has 1 amide bonds. The third-order valence-corrected chi connectivity index (χ3v) is 6.84. The SMILES string of the molecule is O=C(c1ncc(-c2ccc(C(O)(C(F)(F)F)C(F)(F)F)c(Cl)c2Cl)s1)N1C[C@H](O)C[C@H](O)C1. The van der Waals surface area contributed by atoms with Crippen LogP contribution in [0, 0.1) is 0 Å². The number of hydrogen-bond acceptors (Lipinski definition) is 6. The minimum absolute atomic E-state index is 0.0560. The summed E-state index contributed by atoms with van der Waals surface area (Å²) in [5, 5.41) is 27.0. The van der Waals surface area contributed by atoms with Crippen LogP contribution in [0.25, 0.3) is 10.4 Å².